The van der Waals surface area contributed by atoms with E-state index in [0.29, 0.717) is 30.5 Å². The lowest BCUT2D eigenvalue weighted by Gasteiger charge is -2.20. The van der Waals surface area contributed by atoms with Gasteiger partial charge in [-0.15, -0.1) is 0 Å². The van der Waals surface area contributed by atoms with Crippen molar-refractivity contribution in [3.8, 4) is 0 Å². The smallest absolute Gasteiger partial charge is 0.325 e. The quantitative estimate of drug-likeness (QED) is 0.393. The summed E-state index contributed by atoms with van der Waals surface area (Å²) >= 11 is 0. The zero-order chi connectivity index (χ0) is 24.3. The number of imide groups is 1. The zero-order valence-electron chi connectivity index (χ0n) is 19.0. The molecule has 34 heavy (non-hydrogen) atoms. The SMILES string of the molecule is Cc1ccccc1NS(=O)(=O)c1ccc(C(=O)NCCCN2C(=O)NC3(CCCC3)C2=O)cc1. The third-order valence-electron chi connectivity index (χ3n) is 6.36. The van der Waals surface area contributed by atoms with Gasteiger partial charge in [0.1, 0.15) is 5.54 Å². The number of urea groups is 1. The minimum absolute atomic E-state index is 0.0479. The maximum absolute atomic E-state index is 12.6. The normalized spacial score (nSPS) is 17.1. The monoisotopic (exact) mass is 484 g/mol. The summed E-state index contributed by atoms with van der Waals surface area (Å²) in [4.78, 5) is 38.5. The Labute approximate surface area is 199 Å². The second kappa shape index (κ2) is 9.46. The molecule has 1 heterocycles. The summed E-state index contributed by atoms with van der Waals surface area (Å²) in [5.41, 5.74) is 0.882. The molecule has 2 aromatic rings. The highest BCUT2D eigenvalue weighted by Gasteiger charge is 2.51. The van der Waals surface area contributed by atoms with Crippen molar-refractivity contribution in [1.29, 1.82) is 0 Å². The predicted molar refractivity (Wildman–Crippen MR) is 127 cm³/mol. The van der Waals surface area contributed by atoms with Crippen LogP contribution in [0, 0.1) is 6.92 Å². The third-order valence-corrected chi connectivity index (χ3v) is 7.74. The topological polar surface area (TPSA) is 125 Å². The molecule has 0 bridgehead atoms. The highest BCUT2D eigenvalue weighted by atomic mass is 32.2. The Morgan fingerprint density at radius 3 is 2.41 bits per heavy atom. The first kappa shape index (κ1) is 23.7. The van der Waals surface area contributed by atoms with Crippen LogP contribution in [-0.4, -0.2) is 49.8 Å². The lowest BCUT2D eigenvalue weighted by atomic mass is 9.98. The summed E-state index contributed by atoms with van der Waals surface area (Å²) in [6, 6.07) is 12.3. The summed E-state index contributed by atoms with van der Waals surface area (Å²) in [5, 5.41) is 5.58. The Morgan fingerprint density at radius 1 is 1.06 bits per heavy atom. The Morgan fingerprint density at radius 2 is 1.74 bits per heavy atom. The van der Waals surface area contributed by atoms with E-state index >= 15 is 0 Å². The molecule has 4 amide bonds. The van der Waals surface area contributed by atoms with Gasteiger partial charge in [0, 0.05) is 18.7 Å². The van der Waals surface area contributed by atoms with Crippen molar-refractivity contribution < 1.29 is 22.8 Å². The summed E-state index contributed by atoms with van der Waals surface area (Å²) in [7, 11) is -3.79. The number of carbonyl (C=O) groups is 3. The molecule has 9 nitrogen and oxygen atoms in total. The van der Waals surface area contributed by atoms with Crippen LogP contribution in [-0.2, 0) is 14.8 Å². The lowest BCUT2D eigenvalue weighted by Crippen LogP contribution is -2.44. The number of aryl methyl sites for hydroxylation is 1. The van der Waals surface area contributed by atoms with Gasteiger partial charge in [-0.1, -0.05) is 31.0 Å². The summed E-state index contributed by atoms with van der Waals surface area (Å²) in [5.74, 6) is -0.530. The van der Waals surface area contributed by atoms with E-state index in [4.69, 9.17) is 0 Å². The predicted octanol–water partition coefficient (Wildman–Crippen LogP) is 2.78. The number of hydrogen-bond acceptors (Lipinski definition) is 5. The molecule has 2 aromatic carbocycles. The van der Waals surface area contributed by atoms with Crippen LogP contribution in [0.2, 0.25) is 0 Å². The average Bonchev–Trinajstić information content (AvgIpc) is 3.37. The molecular formula is C24H28N4O5S. The first-order chi connectivity index (χ1) is 16.2. The standard InChI is InChI=1S/C24H28N4O5S/c1-17-7-2-3-8-20(17)27-34(32,33)19-11-9-18(10-12-19)21(29)25-15-6-16-28-22(30)24(26-23(28)31)13-4-5-14-24/h2-3,7-12,27H,4-6,13-16H2,1H3,(H,25,29)(H,26,31). The van der Waals surface area contributed by atoms with E-state index in [1.807, 2.05) is 19.1 Å². The molecule has 1 aliphatic carbocycles. The van der Waals surface area contributed by atoms with Crippen LogP contribution < -0.4 is 15.4 Å². The fourth-order valence-electron chi connectivity index (χ4n) is 4.41. The van der Waals surface area contributed by atoms with E-state index in [1.165, 1.54) is 29.2 Å². The molecule has 1 saturated heterocycles. The molecule has 1 spiro atoms. The Kier molecular flexibility index (Phi) is 6.60. The molecule has 0 radical (unpaired) electrons. The molecule has 1 aliphatic heterocycles. The van der Waals surface area contributed by atoms with Gasteiger partial charge in [0.25, 0.3) is 21.8 Å². The number of amides is 4. The number of rotatable bonds is 8. The van der Waals surface area contributed by atoms with Crippen molar-refractivity contribution in [3.05, 3.63) is 59.7 Å². The van der Waals surface area contributed by atoms with Crippen molar-refractivity contribution in [2.45, 2.75) is 49.5 Å². The van der Waals surface area contributed by atoms with Crippen LogP contribution >= 0.6 is 0 Å². The van der Waals surface area contributed by atoms with Gasteiger partial charge >= 0.3 is 6.03 Å². The van der Waals surface area contributed by atoms with Gasteiger partial charge in [-0.3, -0.25) is 19.2 Å². The van der Waals surface area contributed by atoms with Crippen molar-refractivity contribution in [2.24, 2.45) is 0 Å². The number of nitrogens with zero attached hydrogens (tertiary/aromatic N) is 1. The highest BCUT2D eigenvalue weighted by Crippen LogP contribution is 2.35. The molecule has 0 aromatic heterocycles. The number of anilines is 1. The fraction of sp³-hybridized carbons (Fsp3) is 0.375. The zero-order valence-corrected chi connectivity index (χ0v) is 19.8. The number of para-hydroxylation sites is 1. The molecule has 3 N–H and O–H groups in total. The van der Waals surface area contributed by atoms with Crippen LogP contribution in [0.25, 0.3) is 0 Å². The number of hydrogen-bond donors (Lipinski definition) is 3. The number of sulfonamides is 1. The first-order valence-electron chi connectivity index (χ1n) is 11.3. The summed E-state index contributed by atoms with van der Waals surface area (Å²) < 4.78 is 27.8. The maximum Gasteiger partial charge on any atom is 0.325 e. The van der Waals surface area contributed by atoms with Gasteiger partial charge in [0.2, 0.25) is 0 Å². The van der Waals surface area contributed by atoms with Gasteiger partial charge in [-0.2, -0.15) is 0 Å². The lowest BCUT2D eigenvalue weighted by molar-refractivity contribution is -0.131. The maximum atomic E-state index is 12.6. The Bertz CT molecular complexity index is 1200. The second-order valence-corrected chi connectivity index (χ2v) is 10.4. The summed E-state index contributed by atoms with van der Waals surface area (Å²) in [6.07, 6.45) is 3.64. The minimum Gasteiger partial charge on any atom is -0.352 e. The van der Waals surface area contributed by atoms with E-state index in [1.54, 1.807) is 12.1 Å². The molecule has 2 aliphatic rings. The molecule has 1 saturated carbocycles. The van der Waals surface area contributed by atoms with E-state index in [0.717, 1.165) is 18.4 Å². The second-order valence-electron chi connectivity index (χ2n) is 8.73. The Hall–Kier alpha value is -3.40. The molecule has 0 unspecified atom stereocenters. The van der Waals surface area contributed by atoms with Gasteiger partial charge in [0.15, 0.2) is 0 Å². The summed E-state index contributed by atoms with van der Waals surface area (Å²) in [6.45, 7) is 2.32. The van der Waals surface area contributed by atoms with Gasteiger partial charge in [0.05, 0.1) is 10.6 Å². The van der Waals surface area contributed by atoms with Crippen LogP contribution in [0.15, 0.2) is 53.4 Å². The van der Waals surface area contributed by atoms with Crippen LogP contribution in [0.3, 0.4) is 0 Å². The van der Waals surface area contributed by atoms with Crippen LogP contribution in [0.5, 0.6) is 0 Å². The number of carbonyl (C=O) groups excluding carboxylic acids is 3. The van der Waals surface area contributed by atoms with Crippen molar-refractivity contribution in [3.63, 3.8) is 0 Å². The van der Waals surface area contributed by atoms with Gasteiger partial charge in [-0.25, -0.2) is 13.2 Å². The van der Waals surface area contributed by atoms with Crippen LogP contribution in [0.4, 0.5) is 10.5 Å². The minimum atomic E-state index is -3.79. The molecule has 4 rings (SSSR count). The average molecular weight is 485 g/mol. The molecule has 180 valence electrons. The molecular weight excluding hydrogens is 456 g/mol. The van der Waals surface area contributed by atoms with E-state index in [9.17, 15) is 22.8 Å². The molecule has 2 fully saturated rings. The highest BCUT2D eigenvalue weighted by molar-refractivity contribution is 7.92. The van der Waals surface area contributed by atoms with E-state index in [-0.39, 0.29) is 35.8 Å². The Balaban J connectivity index is 1.28. The number of benzene rings is 2. The first-order valence-corrected chi connectivity index (χ1v) is 12.8. The van der Waals surface area contributed by atoms with Crippen molar-refractivity contribution >= 4 is 33.6 Å². The van der Waals surface area contributed by atoms with Gasteiger partial charge < -0.3 is 10.6 Å². The largest absolute Gasteiger partial charge is 0.352 e. The van der Waals surface area contributed by atoms with Crippen LogP contribution in [0.1, 0.15) is 48.0 Å². The fourth-order valence-corrected chi connectivity index (χ4v) is 5.55. The van der Waals surface area contributed by atoms with Crippen molar-refractivity contribution in [2.75, 3.05) is 17.8 Å². The third kappa shape index (κ3) is 4.77. The van der Waals surface area contributed by atoms with Crippen molar-refractivity contribution in [1.82, 2.24) is 15.5 Å². The van der Waals surface area contributed by atoms with E-state index < -0.39 is 15.6 Å². The number of nitrogens with one attached hydrogen (secondary N) is 3. The molecule has 10 heteroatoms. The van der Waals surface area contributed by atoms with E-state index in [2.05, 4.69) is 15.4 Å². The molecule has 0 atom stereocenters. The van der Waals surface area contributed by atoms with Gasteiger partial charge in [-0.05, 0) is 62.1 Å².